The van der Waals surface area contributed by atoms with Crippen molar-refractivity contribution < 1.29 is 9.59 Å². The Morgan fingerprint density at radius 1 is 0.857 bits per heavy atom. The van der Waals surface area contributed by atoms with E-state index < -0.39 is 0 Å². The van der Waals surface area contributed by atoms with Crippen molar-refractivity contribution in [2.75, 3.05) is 5.32 Å². The zero-order valence-electron chi connectivity index (χ0n) is 15.7. The monoisotopic (exact) mass is 392 g/mol. The van der Waals surface area contributed by atoms with Crippen LogP contribution in [0.5, 0.6) is 0 Å². The lowest BCUT2D eigenvalue weighted by Crippen LogP contribution is -2.27. The highest BCUT2D eigenvalue weighted by molar-refractivity contribution is 6.30. The van der Waals surface area contributed by atoms with Gasteiger partial charge in [-0.2, -0.15) is 0 Å². The molecule has 0 fully saturated rings. The summed E-state index contributed by atoms with van der Waals surface area (Å²) in [5, 5.41) is 6.43. The molecule has 3 aromatic rings. The number of nitrogens with one attached hydrogen (secondary N) is 2. The topological polar surface area (TPSA) is 58.2 Å². The maximum Gasteiger partial charge on any atom is 0.255 e. The number of aryl methyl sites for hydroxylation is 1. The normalized spacial score (nSPS) is 11.5. The van der Waals surface area contributed by atoms with Gasteiger partial charge in [0.05, 0.1) is 6.04 Å². The van der Waals surface area contributed by atoms with Crippen LogP contribution in [-0.4, -0.2) is 11.8 Å². The molecular formula is C23H21ClN2O2. The fourth-order valence-electron chi connectivity index (χ4n) is 2.87. The Morgan fingerprint density at radius 3 is 2.21 bits per heavy atom. The minimum absolute atomic E-state index is 0.136. The zero-order valence-corrected chi connectivity index (χ0v) is 16.5. The van der Waals surface area contributed by atoms with Crippen LogP contribution in [-0.2, 0) is 0 Å². The van der Waals surface area contributed by atoms with Gasteiger partial charge in [0.25, 0.3) is 11.8 Å². The summed E-state index contributed by atoms with van der Waals surface area (Å²) in [7, 11) is 0. The first-order valence-corrected chi connectivity index (χ1v) is 9.35. The van der Waals surface area contributed by atoms with E-state index in [0.717, 1.165) is 11.1 Å². The predicted molar refractivity (Wildman–Crippen MR) is 113 cm³/mol. The molecule has 28 heavy (non-hydrogen) atoms. The number of carbonyl (C=O) groups is 2. The van der Waals surface area contributed by atoms with Crippen molar-refractivity contribution in [2.45, 2.75) is 19.9 Å². The first kappa shape index (κ1) is 19.6. The first-order valence-electron chi connectivity index (χ1n) is 8.97. The van der Waals surface area contributed by atoms with Crippen molar-refractivity contribution in [1.82, 2.24) is 5.32 Å². The molecule has 0 aliphatic heterocycles. The second kappa shape index (κ2) is 8.72. The molecule has 142 valence electrons. The van der Waals surface area contributed by atoms with E-state index >= 15 is 0 Å². The Hall–Kier alpha value is -3.11. The first-order chi connectivity index (χ1) is 13.4. The molecule has 2 N–H and O–H groups in total. The molecule has 0 radical (unpaired) electrons. The highest BCUT2D eigenvalue weighted by Crippen LogP contribution is 2.20. The van der Waals surface area contributed by atoms with Gasteiger partial charge in [-0.3, -0.25) is 9.59 Å². The van der Waals surface area contributed by atoms with E-state index in [1.54, 1.807) is 42.5 Å². The van der Waals surface area contributed by atoms with E-state index in [4.69, 9.17) is 11.6 Å². The second-order valence-corrected chi connectivity index (χ2v) is 7.04. The molecule has 3 rings (SSSR count). The number of anilines is 1. The Labute approximate surface area is 169 Å². The van der Waals surface area contributed by atoms with Crippen LogP contribution in [0.15, 0.2) is 72.8 Å². The second-order valence-electron chi connectivity index (χ2n) is 6.60. The molecular weight excluding hydrogens is 372 g/mol. The summed E-state index contributed by atoms with van der Waals surface area (Å²) < 4.78 is 0. The number of halogens is 1. The Balaban J connectivity index is 1.72. The summed E-state index contributed by atoms with van der Waals surface area (Å²) in [6.07, 6.45) is 0. The van der Waals surface area contributed by atoms with Gasteiger partial charge in [-0.05, 0) is 61.4 Å². The molecule has 0 heterocycles. The molecule has 0 aliphatic rings. The van der Waals surface area contributed by atoms with Gasteiger partial charge in [0, 0.05) is 21.8 Å². The quantitative estimate of drug-likeness (QED) is 0.611. The summed E-state index contributed by atoms with van der Waals surface area (Å²) in [5.41, 5.74) is 3.41. The van der Waals surface area contributed by atoms with Crippen LogP contribution in [0.4, 0.5) is 5.69 Å². The maximum atomic E-state index is 12.6. The molecule has 0 saturated heterocycles. The fourth-order valence-corrected chi connectivity index (χ4v) is 3.10. The third-order valence-corrected chi connectivity index (χ3v) is 4.71. The van der Waals surface area contributed by atoms with Crippen molar-refractivity contribution in [3.8, 4) is 0 Å². The van der Waals surface area contributed by atoms with E-state index in [-0.39, 0.29) is 17.9 Å². The standard InChI is InChI=1S/C23H21ClN2O2/c1-15-13-20(24)11-12-21(15)26-23(28)19-10-6-9-18(14-19)22(27)25-16(2)17-7-4-3-5-8-17/h3-14,16H,1-2H3,(H,25,27)(H,26,28). The van der Waals surface area contributed by atoms with Crippen LogP contribution in [0.1, 0.15) is 44.8 Å². The van der Waals surface area contributed by atoms with Crippen LogP contribution in [0.2, 0.25) is 5.02 Å². The Kier molecular flexibility index (Phi) is 6.12. The average Bonchev–Trinajstić information content (AvgIpc) is 2.70. The lowest BCUT2D eigenvalue weighted by Gasteiger charge is -2.15. The molecule has 0 aromatic heterocycles. The lowest BCUT2D eigenvalue weighted by atomic mass is 10.1. The third kappa shape index (κ3) is 4.78. The van der Waals surface area contributed by atoms with Crippen LogP contribution < -0.4 is 10.6 Å². The number of carbonyl (C=O) groups excluding carboxylic acids is 2. The molecule has 2 amide bonds. The minimum atomic E-state index is -0.281. The van der Waals surface area contributed by atoms with E-state index in [1.165, 1.54) is 0 Å². The van der Waals surface area contributed by atoms with Gasteiger partial charge in [-0.25, -0.2) is 0 Å². The van der Waals surface area contributed by atoms with Gasteiger partial charge in [0.1, 0.15) is 0 Å². The van der Waals surface area contributed by atoms with Crippen LogP contribution in [0.25, 0.3) is 0 Å². The molecule has 4 nitrogen and oxygen atoms in total. The number of benzene rings is 3. The SMILES string of the molecule is Cc1cc(Cl)ccc1NC(=O)c1cccc(C(=O)NC(C)c2ccccc2)c1. The van der Waals surface area contributed by atoms with Gasteiger partial charge >= 0.3 is 0 Å². The van der Waals surface area contributed by atoms with Gasteiger partial charge < -0.3 is 10.6 Å². The van der Waals surface area contributed by atoms with Crippen molar-refractivity contribution in [3.63, 3.8) is 0 Å². The van der Waals surface area contributed by atoms with E-state index in [9.17, 15) is 9.59 Å². The summed E-state index contributed by atoms with van der Waals surface area (Å²) in [5.74, 6) is -0.509. The highest BCUT2D eigenvalue weighted by Gasteiger charge is 2.14. The molecule has 0 aliphatic carbocycles. The summed E-state index contributed by atoms with van der Waals surface area (Å²) >= 11 is 5.95. The molecule has 1 unspecified atom stereocenters. The number of amides is 2. The van der Waals surface area contributed by atoms with Crippen LogP contribution >= 0.6 is 11.6 Å². The predicted octanol–water partition coefficient (Wildman–Crippen LogP) is 5.39. The summed E-state index contributed by atoms with van der Waals surface area (Å²) in [4.78, 5) is 25.2. The smallest absolute Gasteiger partial charge is 0.255 e. The van der Waals surface area contributed by atoms with Gasteiger partial charge in [0.15, 0.2) is 0 Å². The van der Waals surface area contributed by atoms with E-state index in [2.05, 4.69) is 10.6 Å². The zero-order chi connectivity index (χ0) is 20.1. The molecule has 5 heteroatoms. The van der Waals surface area contributed by atoms with Crippen molar-refractivity contribution in [3.05, 3.63) is 100 Å². The van der Waals surface area contributed by atoms with Gasteiger partial charge in [-0.1, -0.05) is 48.0 Å². The molecule has 0 spiro atoms. The minimum Gasteiger partial charge on any atom is -0.346 e. The summed E-state index contributed by atoms with van der Waals surface area (Å²) in [6.45, 7) is 3.80. The number of hydrogen-bond donors (Lipinski definition) is 2. The molecule has 0 bridgehead atoms. The molecule has 3 aromatic carbocycles. The van der Waals surface area contributed by atoms with E-state index in [1.807, 2.05) is 44.2 Å². The average molecular weight is 393 g/mol. The largest absolute Gasteiger partial charge is 0.346 e. The third-order valence-electron chi connectivity index (χ3n) is 4.47. The summed E-state index contributed by atoms with van der Waals surface area (Å²) in [6, 6.07) is 21.5. The van der Waals surface area contributed by atoms with Crippen LogP contribution in [0.3, 0.4) is 0 Å². The number of hydrogen-bond acceptors (Lipinski definition) is 2. The Bertz CT molecular complexity index is 1000. The fraction of sp³-hybridized carbons (Fsp3) is 0.130. The van der Waals surface area contributed by atoms with Crippen molar-refractivity contribution in [2.24, 2.45) is 0 Å². The molecule has 1 atom stereocenters. The highest BCUT2D eigenvalue weighted by atomic mass is 35.5. The number of rotatable bonds is 5. The van der Waals surface area contributed by atoms with Crippen molar-refractivity contribution >= 4 is 29.1 Å². The van der Waals surface area contributed by atoms with Gasteiger partial charge in [-0.15, -0.1) is 0 Å². The Morgan fingerprint density at radius 2 is 1.54 bits per heavy atom. The molecule has 0 saturated carbocycles. The van der Waals surface area contributed by atoms with Gasteiger partial charge in [0.2, 0.25) is 0 Å². The van der Waals surface area contributed by atoms with E-state index in [0.29, 0.717) is 21.8 Å². The maximum absolute atomic E-state index is 12.6. The lowest BCUT2D eigenvalue weighted by molar-refractivity contribution is 0.0940. The van der Waals surface area contributed by atoms with Crippen molar-refractivity contribution in [1.29, 1.82) is 0 Å². The van der Waals surface area contributed by atoms with Crippen LogP contribution in [0, 0.1) is 6.92 Å².